The summed E-state index contributed by atoms with van der Waals surface area (Å²) >= 11 is 1.85. The normalized spacial score (nSPS) is 12.1. The molecule has 0 unspecified atom stereocenters. The molecule has 4 aromatic heterocycles. The van der Waals surface area contributed by atoms with Gasteiger partial charge in [-0.25, -0.2) is 0 Å². The molecule has 0 saturated carbocycles. The Kier molecular flexibility index (Phi) is 6.85. The third-order valence-electron chi connectivity index (χ3n) is 12.1. The molecule has 9 aromatic carbocycles. The predicted octanol–water partition coefficient (Wildman–Crippen LogP) is 16.0. The van der Waals surface area contributed by atoms with Crippen LogP contribution in [0.4, 0.5) is 34.1 Å². The molecule has 13 aromatic rings. The van der Waals surface area contributed by atoms with Crippen LogP contribution in [0.15, 0.2) is 205 Å². The first-order chi connectivity index (χ1) is 29.3. The van der Waals surface area contributed by atoms with Crippen LogP contribution in [0.5, 0.6) is 0 Å². The summed E-state index contributed by atoms with van der Waals surface area (Å²) in [6, 6.07) is 72.5. The van der Waals surface area contributed by atoms with E-state index >= 15 is 0 Å². The summed E-state index contributed by atoms with van der Waals surface area (Å²) in [5.41, 5.74) is 12.0. The second kappa shape index (κ2) is 12.4. The summed E-state index contributed by atoms with van der Waals surface area (Å²) in [5, 5.41) is 9.79. The number of furan rings is 1. The van der Waals surface area contributed by atoms with E-state index in [0.29, 0.717) is 0 Å². The third-order valence-corrected chi connectivity index (χ3v) is 13.2. The number of hydrogen-bond donors (Lipinski definition) is 0. The molecular weight excluding hydrogens is 739 g/mol. The molecule has 0 fully saturated rings. The Balaban J connectivity index is 0.990. The molecule has 0 aliphatic heterocycles. The molecule has 0 atom stereocenters. The summed E-state index contributed by atoms with van der Waals surface area (Å²) in [6.07, 6.45) is 0. The van der Waals surface area contributed by atoms with Gasteiger partial charge in [-0.3, -0.25) is 0 Å². The van der Waals surface area contributed by atoms with Gasteiger partial charge in [-0.15, -0.1) is 11.3 Å². The fourth-order valence-electron chi connectivity index (χ4n) is 9.58. The van der Waals surface area contributed by atoms with E-state index in [4.69, 9.17) is 4.42 Å². The quantitative estimate of drug-likeness (QED) is 0.168. The minimum absolute atomic E-state index is 0.911. The van der Waals surface area contributed by atoms with Crippen molar-refractivity contribution in [1.82, 2.24) is 4.40 Å². The number of para-hydroxylation sites is 3. The van der Waals surface area contributed by atoms with Crippen molar-refractivity contribution in [3.8, 4) is 0 Å². The molecule has 0 saturated heterocycles. The summed E-state index contributed by atoms with van der Waals surface area (Å²) in [4.78, 5) is 4.73. The number of hydrogen-bond acceptors (Lipinski definition) is 4. The average molecular weight is 772 g/mol. The minimum Gasteiger partial charge on any atom is -0.456 e. The molecular formula is C54H33N3OS. The highest BCUT2D eigenvalue weighted by Gasteiger charge is 2.22. The van der Waals surface area contributed by atoms with Crippen molar-refractivity contribution in [1.29, 1.82) is 0 Å². The van der Waals surface area contributed by atoms with E-state index in [1.165, 1.54) is 58.1 Å². The molecule has 5 heteroatoms. The van der Waals surface area contributed by atoms with Crippen LogP contribution in [-0.2, 0) is 0 Å². The average Bonchev–Trinajstić information content (AvgIpc) is 3.94. The zero-order valence-corrected chi connectivity index (χ0v) is 32.5. The smallest absolute Gasteiger partial charge is 0.137 e. The SMILES string of the molecule is c1ccc(N(c2ccc(N(c3ccccc3)c3ccc4c(c3)c3cccc5c6cccc7oc8cccc(c8c76)n4c53)cc2)c2ccc3sc4ccccc4c3c2)cc1. The van der Waals surface area contributed by atoms with Gasteiger partial charge in [0, 0.05) is 75.8 Å². The van der Waals surface area contributed by atoms with Crippen molar-refractivity contribution in [3.05, 3.63) is 200 Å². The van der Waals surface area contributed by atoms with Crippen molar-refractivity contribution in [2.24, 2.45) is 0 Å². The van der Waals surface area contributed by atoms with Crippen LogP contribution in [0.3, 0.4) is 0 Å². The Bertz CT molecular complexity index is 3730. The Morgan fingerprint density at radius 3 is 1.58 bits per heavy atom. The molecule has 276 valence electrons. The molecule has 0 radical (unpaired) electrons. The van der Waals surface area contributed by atoms with Crippen LogP contribution in [0.2, 0.25) is 0 Å². The lowest BCUT2D eigenvalue weighted by Crippen LogP contribution is -2.12. The van der Waals surface area contributed by atoms with Gasteiger partial charge >= 0.3 is 0 Å². The fraction of sp³-hybridized carbons (Fsp3) is 0. The number of rotatable bonds is 6. The largest absolute Gasteiger partial charge is 0.456 e. The molecule has 4 nitrogen and oxygen atoms in total. The molecule has 0 aliphatic rings. The maximum Gasteiger partial charge on any atom is 0.137 e. The van der Waals surface area contributed by atoms with Crippen molar-refractivity contribution in [3.63, 3.8) is 0 Å². The molecule has 13 rings (SSSR count). The number of benzene rings is 9. The molecule has 0 spiro atoms. The summed E-state index contributed by atoms with van der Waals surface area (Å²) < 4.78 is 11.5. The number of fused-ring (bicyclic) bond motifs is 8. The molecule has 4 heterocycles. The van der Waals surface area contributed by atoms with E-state index in [1.807, 2.05) is 11.3 Å². The minimum atomic E-state index is 0.911. The number of anilines is 6. The van der Waals surface area contributed by atoms with Crippen molar-refractivity contribution in [2.75, 3.05) is 9.80 Å². The van der Waals surface area contributed by atoms with Gasteiger partial charge in [0.1, 0.15) is 11.2 Å². The highest BCUT2D eigenvalue weighted by Crippen LogP contribution is 2.46. The lowest BCUT2D eigenvalue weighted by molar-refractivity contribution is 0.669. The monoisotopic (exact) mass is 771 g/mol. The first kappa shape index (κ1) is 32.5. The van der Waals surface area contributed by atoms with E-state index in [0.717, 1.165) is 56.2 Å². The first-order valence-corrected chi connectivity index (χ1v) is 20.8. The lowest BCUT2D eigenvalue weighted by atomic mass is 10.0. The molecule has 0 aliphatic carbocycles. The van der Waals surface area contributed by atoms with Crippen molar-refractivity contribution >= 4 is 126 Å². The second-order valence-electron chi connectivity index (χ2n) is 15.3. The third kappa shape index (κ3) is 4.77. The highest BCUT2D eigenvalue weighted by atomic mass is 32.1. The van der Waals surface area contributed by atoms with Gasteiger partial charge in [-0.05, 0) is 115 Å². The Labute approximate surface area is 342 Å². The van der Waals surface area contributed by atoms with Gasteiger partial charge < -0.3 is 18.6 Å². The molecule has 0 bridgehead atoms. The lowest BCUT2D eigenvalue weighted by Gasteiger charge is -2.28. The van der Waals surface area contributed by atoms with Gasteiger partial charge in [0.05, 0.1) is 21.9 Å². The topological polar surface area (TPSA) is 24.0 Å². The zero-order valence-electron chi connectivity index (χ0n) is 31.7. The number of nitrogens with zero attached hydrogens (tertiary/aromatic N) is 3. The predicted molar refractivity (Wildman–Crippen MR) is 251 cm³/mol. The van der Waals surface area contributed by atoms with E-state index < -0.39 is 0 Å². The first-order valence-electron chi connectivity index (χ1n) is 20.0. The maximum absolute atomic E-state index is 6.44. The fourth-order valence-corrected chi connectivity index (χ4v) is 10.7. The van der Waals surface area contributed by atoms with Crippen LogP contribution >= 0.6 is 11.3 Å². The van der Waals surface area contributed by atoms with E-state index in [9.17, 15) is 0 Å². The zero-order chi connectivity index (χ0) is 38.6. The van der Waals surface area contributed by atoms with Crippen LogP contribution in [0.1, 0.15) is 0 Å². The van der Waals surface area contributed by atoms with Crippen LogP contribution < -0.4 is 9.80 Å². The van der Waals surface area contributed by atoms with Crippen molar-refractivity contribution < 1.29 is 4.42 Å². The Hall–Kier alpha value is -7.60. The van der Waals surface area contributed by atoms with Crippen LogP contribution in [-0.4, -0.2) is 4.40 Å². The van der Waals surface area contributed by atoms with E-state index in [-0.39, 0.29) is 0 Å². The van der Waals surface area contributed by atoms with Crippen molar-refractivity contribution in [2.45, 2.75) is 0 Å². The maximum atomic E-state index is 6.44. The summed E-state index contributed by atoms with van der Waals surface area (Å²) in [6.45, 7) is 0. The van der Waals surface area contributed by atoms with E-state index in [2.05, 4.69) is 214 Å². The van der Waals surface area contributed by atoms with Gasteiger partial charge in [0.15, 0.2) is 0 Å². The standard InChI is InChI=1S/C54H33N3OS/c1-3-12-34(13-4-1)55(36-24-26-37(27-25-36)56(35-14-5-2-6-15-35)39-29-31-51-45(33-39)40-16-7-8-23-50(40)59-51)38-28-30-46-44(32-38)43-19-9-18-42-41-17-10-21-48-52(41)53-47(57(46)54(42)43)20-11-22-49(53)58-48/h1-33H. The second-order valence-corrected chi connectivity index (χ2v) is 16.4. The van der Waals surface area contributed by atoms with Gasteiger partial charge in [-0.1, -0.05) is 91.0 Å². The highest BCUT2D eigenvalue weighted by molar-refractivity contribution is 7.25. The van der Waals surface area contributed by atoms with E-state index in [1.54, 1.807) is 0 Å². The number of thiophene rings is 1. The Morgan fingerprint density at radius 2 is 0.847 bits per heavy atom. The van der Waals surface area contributed by atoms with Crippen LogP contribution in [0, 0.1) is 0 Å². The summed E-state index contributed by atoms with van der Waals surface area (Å²) in [7, 11) is 0. The number of aromatic nitrogens is 1. The molecule has 0 N–H and O–H groups in total. The molecule has 0 amide bonds. The van der Waals surface area contributed by atoms with Crippen LogP contribution in [0.25, 0.3) is 80.2 Å². The van der Waals surface area contributed by atoms with Gasteiger partial charge in [-0.2, -0.15) is 0 Å². The van der Waals surface area contributed by atoms with Gasteiger partial charge in [0.2, 0.25) is 0 Å². The van der Waals surface area contributed by atoms with Gasteiger partial charge in [0.25, 0.3) is 0 Å². The summed E-state index contributed by atoms with van der Waals surface area (Å²) in [5.74, 6) is 0. The molecule has 59 heavy (non-hydrogen) atoms. The Morgan fingerprint density at radius 1 is 0.339 bits per heavy atom.